The van der Waals surface area contributed by atoms with E-state index in [0.717, 1.165) is 11.8 Å². The summed E-state index contributed by atoms with van der Waals surface area (Å²) in [7, 11) is 1.53. The first kappa shape index (κ1) is 19.2. The predicted molar refractivity (Wildman–Crippen MR) is 115 cm³/mol. The first-order valence-electron chi connectivity index (χ1n) is 10.2. The maximum atomic E-state index is 12.3. The monoisotopic (exact) mass is 415 g/mol. The van der Waals surface area contributed by atoms with Crippen LogP contribution in [0.15, 0.2) is 75.3 Å². The van der Waals surface area contributed by atoms with Gasteiger partial charge >= 0.3 is 0 Å². The van der Waals surface area contributed by atoms with E-state index >= 15 is 0 Å². The van der Waals surface area contributed by atoms with Crippen molar-refractivity contribution in [2.75, 3.05) is 0 Å². The van der Waals surface area contributed by atoms with Crippen molar-refractivity contribution in [3.63, 3.8) is 0 Å². The topological polar surface area (TPSA) is 95.8 Å². The third-order valence-corrected chi connectivity index (χ3v) is 5.82. The second kappa shape index (κ2) is 7.79. The standard InChI is InChI=1S/C12H12.C11H9N5O3/c1-2-4-9(5-3-1)10-6-11-8-12(11)7-10;1-15-9(17)3-2-7-10(15)11(18)16(6-13-7)4-8-12-5-14-19-8/h1-6,11-12H,7-8H2;2-3,5-6H,4H2,1H3/t11-,12+;/m1./s1. The predicted octanol–water partition coefficient (Wildman–Crippen LogP) is 2.64. The van der Waals surface area contributed by atoms with E-state index in [1.165, 1.54) is 59.4 Å². The molecule has 3 aromatic heterocycles. The molecule has 0 saturated heterocycles. The maximum Gasteiger partial charge on any atom is 0.278 e. The zero-order valence-corrected chi connectivity index (χ0v) is 17.0. The Morgan fingerprint density at radius 2 is 1.94 bits per heavy atom. The summed E-state index contributed by atoms with van der Waals surface area (Å²) in [5.41, 5.74) is 3.13. The summed E-state index contributed by atoms with van der Waals surface area (Å²) in [5.74, 6) is 2.25. The normalized spacial score (nSPS) is 18.8. The highest BCUT2D eigenvalue weighted by Gasteiger charge is 2.40. The molecule has 1 fully saturated rings. The second-order valence-corrected chi connectivity index (χ2v) is 7.90. The van der Waals surface area contributed by atoms with E-state index in [4.69, 9.17) is 4.52 Å². The molecule has 0 unspecified atom stereocenters. The van der Waals surface area contributed by atoms with Crippen LogP contribution in [0.4, 0.5) is 0 Å². The van der Waals surface area contributed by atoms with Gasteiger partial charge in [0.25, 0.3) is 11.1 Å². The van der Waals surface area contributed by atoms with Crippen LogP contribution in [-0.2, 0) is 13.6 Å². The summed E-state index contributed by atoms with van der Waals surface area (Å²) in [6.07, 6.45) is 7.90. The van der Waals surface area contributed by atoms with Crippen LogP contribution in [0.5, 0.6) is 0 Å². The third-order valence-electron chi connectivity index (χ3n) is 5.82. The lowest BCUT2D eigenvalue weighted by molar-refractivity contribution is 0.368. The summed E-state index contributed by atoms with van der Waals surface area (Å²) < 4.78 is 7.43. The van der Waals surface area contributed by atoms with E-state index in [9.17, 15) is 9.59 Å². The molecule has 31 heavy (non-hydrogen) atoms. The van der Waals surface area contributed by atoms with Gasteiger partial charge in [-0.3, -0.25) is 14.2 Å². The molecule has 0 N–H and O–H groups in total. The van der Waals surface area contributed by atoms with Gasteiger partial charge < -0.3 is 9.09 Å². The minimum absolute atomic E-state index is 0.116. The average Bonchev–Trinajstić information content (AvgIpc) is 3.16. The van der Waals surface area contributed by atoms with Gasteiger partial charge in [0, 0.05) is 13.1 Å². The largest absolute Gasteiger partial charge is 0.338 e. The first-order chi connectivity index (χ1) is 15.1. The number of hydrogen-bond acceptors (Lipinski definition) is 6. The Labute approximate surface area is 177 Å². The molecular formula is C23H21N5O3. The zero-order valence-electron chi connectivity index (χ0n) is 17.0. The van der Waals surface area contributed by atoms with Crippen LogP contribution in [-0.4, -0.2) is 24.3 Å². The molecule has 1 saturated carbocycles. The lowest BCUT2D eigenvalue weighted by Crippen LogP contribution is -2.28. The first-order valence-corrected chi connectivity index (χ1v) is 10.2. The van der Waals surface area contributed by atoms with Gasteiger partial charge in [-0.1, -0.05) is 41.6 Å². The quantitative estimate of drug-likeness (QED) is 0.510. The van der Waals surface area contributed by atoms with Crippen molar-refractivity contribution in [1.29, 1.82) is 0 Å². The summed E-state index contributed by atoms with van der Waals surface area (Å²) in [5, 5.41) is 3.46. The molecule has 1 aromatic carbocycles. The van der Waals surface area contributed by atoms with Crippen molar-refractivity contribution in [3.05, 3.63) is 93.4 Å². The fraction of sp³-hybridized carbons (Fsp3) is 0.261. The Kier molecular flexibility index (Phi) is 4.82. The number of allylic oxidation sites excluding steroid dienone is 2. The van der Waals surface area contributed by atoms with Crippen molar-refractivity contribution in [1.82, 2.24) is 24.3 Å². The lowest BCUT2D eigenvalue weighted by Gasteiger charge is -2.06. The molecule has 4 aromatic rings. The van der Waals surface area contributed by atoms with E-state index in [2.05, 4.69) is 51.5 Å². The Balaban J connectivity index is 0.000000145. The van der Waals surface area contributed by atoms with Gasteiger partial charge in [-0.2, -0.15) is 4.98 Å². The van der Waals surface area contributed by atoms with Crippen molar-refractivity contribution in [3.8, 4) is 0 Å². The van der Waals surface area contributed by atoms with E-state index in [-0.39, 0.29) is 23.2 Å². The molecule has 3 heterocycles. The Hall–Kier alpha value is -3.81. The summed E-state index contributed by atoms with van der Waals surface area (Å²) in [6.45, 7) is 0.116. The van der Waals surface area contributed by atoms with Crippen LogP contribution in [0.1, 0.15) is 24.3 Å². The van der Waals surface area contributed by atoms with Crippen molar-refractivity contribution in [2.45, 2.75) is 19.4 Å². The molecule has 2 aliphatic carbocycles. The van der Waals surface area contributed by atoms with Crippen LogP contribution in [0, 0.1) is 11.8 Å². The van der Waals surface area contributed by atoms with Crippen LogP contribution in [0.25, 0.3) is 16.6 Å². The fourth-order valence-corrected chi connectivity index (χ4v) is 4.01. The van der Waals surface area contributed by atoms with Gasteiger partial charge in [-0.25, -0.2) is 4.98 Å². The summed E-state index contributed by atoms with van der Waals surface area (Å²) >= 11 is 0. The van der Waals surface area contributed by atoms with Crippen LogP contribution in [0.3, 0.4) is 0 Å². The molecule has 8 heteroatoms. The summed E-state index contributed by atoms with van der Waals surface area (Å²) in [6, 6.07) is 13.7. The van der Waals surface area contributed by atoms with Crippen molar-refractivity contribution >= 4 is 16.6 Å². The Bertz CT molecular complexity index is 1370. The van der Waals surface area contributed by atoms with Gasteiger partial charge in [0.15, 0.2) is 6.33 Å². The lowest BCUT2D eigenvalue weighted by atomic mass is 10.0. The second-order valence-electron chi connectivity index (χ2n) is 7.90. The minimum atomic E-state index is -0.330. The number of benzene rings is 1. The van der Waals surface area contributed by atoms with Gasteiger partial charge in [0.2, 0.25) is 5.89 Å². The van der Waals surface area contributed by atoms with Crippen LogP contribution >= 0.6 is 0 Å². The maximum absolute atomic E-state index is 12.3. The fourth-order valence-electron chi connectivity index (χ4n) is 4.01. The van der Waals surface area contributed by atoms with E-state index in [1.807, 2.05) is 0 Å². The van der Waals surface area contributed by atoms with Crippen LogP contribution < -0.4 is 11.1 Å². The Morgan fingerprint density at radius 1 is 1.10 bits per heavy atom. The third kappa shape index (κ3) is 3.84. The molecule has 156 valence electrons. The molecule has 0 radical (unpaired) electrons. The average molecular weight is 415 g/mol. The molecular weight excluding hydrogens is 394 g/mol. The van der Waals surface area contributed by atoms with Gasteiger partial charge in [0.05, 0.1) is 11.8 Å². The molecule has 6 rings (SSSR count). The zero-order chi connectivity index (χ0) is 21.4. The molecule has 2 aliphatic rings. The number of rotatable bonds is 3. The number of nitrogens with zero attached hydrogens (tertiary/aromatic N) is 5. The SMILES string of the molecule is C1=C(c2ccccc2)C[C@H]2C[C@@H]12.Cn1c(=O)ccc2ncn(Cc3ncno3)c(=O)c21. The van der Waals surface area contributed by atoms with Gasteiger partial charge in [0.1, 0.15) is 12.1 Å². The van der Waals surface area contributed by atoms with E-state index in [0.29, 0.717) is 11.4 Å². The molecule has 2 atom stereocenters. The van der Waals surface area contributed by atoms with Crippen molar-refractivity contribution < 1.29 is 4.52 Å². The van der Waals surface area contributed by atoms with Gasteiger partial charge in [-0.15, -0.1) is 0 Å². The smallest absolute Gasteiger partial charge is 0.278 e. The Morgan fingerprint density at radius 3 is 2.65 bits per heavy atom. The highest BCUT2D eigenvalue weighted by Crippen LogP contribution is 2.52. The van der Waals surface area contributed by atoms with E-state index < -0.39 is 0 Å². The number of hydrogen-bond donors (Lipinski definition) is 0. The number of fused-ring (bicyclic) bond motifs is 2. The molecule has 0 bridgehead atoms. The molecule has 0 aliphatic heterocycles. The minimum Gasteiger partial charge on any atom is -0.338 e. The molecule has 0 amide bonds. The number of pyridine rings is 1. The number of aromatic nitrogens is 5. The van der Waals surface area contributed by atoms with E-state index in [1.54, 1.807) is 5.57 Å². The highest BCUT2D eigenvalue weighted by molar-refractivity contribution is 5.73. The van der Waals surface area contributed by atoms with Gasteiger partial charge in [-0.05, 0) is 41.9 Å². The van der Waals surface area contributed by atoms with Crippen LogP contribution in [0.2, 0.25) is 0 Å². The van der Waals surface area contributed by atoms with Crippen molar-refractivity contribution in [2.24, 2.45) is 18.9 Å². The summed E-state index contributed by atoms with van der Waals surface area (Å²) in [4.78, 5) is 31.8. The highest BCUT2D eigenvalue weighted by atomic mass is 16.5. The molecule has 0 spiro atoms. The number of aryl methyl sites for hydroxylation is 1. The molecule has 8 nitrogen and oxygen atoms in total.